The molecule has 7 heteroatoms. The van der Waals surface area contributed by atoms with Crippen molar-refractivity contribution < 1.29 is 5.11 Å². The first-order valence-corrected chi connectivity index (χ1v) is 10.5. The maximum absolute atomic E-state index is 10.4. The summed E-state index contributed by atoms with van der Waals surface area (Å²) in [4.78, 5) is 13.5. The van der Waals surface area contributed by atoms with Gasteiger partial charge in [-0.15, -0.1) is 0 Å². The van der Waals surface area contributed by atoms with Crippen LogP contribution in [0, 0.1) is 11.8 Å². The molecule has 3 aromatic heterocycles. The van der Waals surface area contributed by atoms with Gasteiger partial charge in [0.25, 0.3) is 0 Å². The van der Waals surface area contributed by atoms with Crippen LogP contribution in [0.25, 0.3) is 22.3 Å². The molecule has 0 amide bonds. The molecule has 0 saturated heterocycles. The van der Waals surface area contributed by atoms with Gasteiger partial charge in [-0.1, -0.05) is 43.0 Å². The highest BCUT2D eigenvalue weighted by molar-refractivity contribution is 6.31. The SMILES string of the molecule is CC1CCC(Cn2c(C(C)O)nc3cc(Cl)nc(-c4cncc(Cl)c4)c32)CC1. The Morgan fingerprint density at radius 2 is 1.89 bits per heavy atom. The molecule has 1 aliphatic rings. The summed E-state index contributed by atoms with van der Waals surface area (Å²) in [5.74, 6) is 2.00. The highest BCUT2D eigenvalue weighted by atomic mass is 35.5. The zero-order chi connectivity index (χ0) is 19.8. The molecule has 3 aromatic rings. The lowest BCUT2D eigenvalue weighted by atomic mass is 9.83. The highest BCUT2D eigenvalue weighted by Gasteiger charge is 2.25. The first kappa shape index (κ1) is 19.6. The zero-order valence-corrected chi connectivity index (χ0v) is 17.6. The van der Waals surface area contributed by atoms with Gasteiger partial charge < -0.3 is 9.67 Å². The van der Waals surface area contributed by atoms with Gasteiger partial charge in [0.15, 0.2) is 0 Å². The van der Waals surface area contributed by atoms with Crippen LogP contribution in [0.15, 0.2) is 24.5 Å². The fraction of sp³-hybridized carbons (Fsp3) is 0.476. The zero-order valence-electron chi connectivity index (χ0n) is 16.1. The Hall–Kier alpha value is -1.69. The van der Waals surface area contributed by atoms with Crippen LogP contribution in [0.3, 0.4) is 0 Å². The summed E-state index contributed by atoms with van der Waals surface area (Å²) in [7, 11) is 0. The average Bonchev–Trinajstić information content (AvgIpc) is 3.01. The standard InChI is InChI=1S/C21H24Cl2N4O/c1-12-3-5-14(6-4-12)11-27-20-17(25-21(27)13(2)28)8-18(23)26-19(20)15-7-16(22)10-24-9-15/h7-10,12-14,28H,3-6,11H2,1-2H3. The van der Waals surface area contributed by atoms with Crippen molar-refractivity contribution in [3.63, 3.8) is 0 Å². The first-order chi connectivity index (χ1) is 13.4. The van der Waals surface area contributed by atoms with Crippen molar-refractivity contribution in [3.05, 3.63) is 40.5 Å². The van der Waals surface area contributed by atoms with Crippen LogP contribution in [-0.2, 0) is 6.54 Å². The Morgan fingerprint density at radius 3 is 2.57 bits per heavy atom. The molecule has 1 unspecified atom stereocenters. The third-order valence-electron chi connectivity index (χ3n) is 5.65. The summed E-state index contributed by atoms with van der Waals surface area (Å²) in [6.45, 7) is 4.88. The van der Waals surface area contributed by atoms with Gasteiger partial charge in [0.2, 0.25) is 0 Å². The van der Waals surface area contributed by atoms with Gasteiger partial charge >= 0.3 is 0 Å². The summed E-state index contributed by atoms with van der Waals surface area (Å²) in [6, 6.07) is 3.58. The van der Waals surface area contributed by atoms with Gasteiger partial charge in [-0.2, -0.15) is 0 Å². The molecule has 0 radical (unpaired) electrons. The molecule has 1 fully saturated rings. The predicted octanol–water partition coefficient (Wildman–Crippen LogP) is 5.68. The van der Waals surface area contributed by atoms with E-state index in [1.807, 2.05) is 6.07 Å². The minimum Gasteiger partial charge on any atom is -0.385 e. The Labute approximate surface area is 174 Å². The molecular formula is C21H24Cl2N4O. The lowest BCUT2D eigenvalue weighted by Gasteiger charge is -2.27. The second-order valence-electron chi connectivity index (χ2n) is 7.94. The van der Waals surface area contributed by atoms with Crippen LogP contribution < -0.4 is 0 Å². The number of rotatable bonds is 4. The van der Waals surface area contributed by atoms with E-state index in [0.29, 0.717) is 27.6 Å². The third kappa shape index (κ3) is 3.88. The van der Waals surface area contributed by atoms with E-state index in [0.717, 1.165) is 29.1 Å². The predicted molar refractivity (Wildman–Crippen MR) is 113 cm³/mol. The summed E-state index contributed by atoms with van der Waals surface area (Å²) in [5.41, 5.74) is 3.09. The van der Waals surface area contributed by atoms with Crippen molar-refractivity contribution >= 4 is 34.2 Å². The van der Waals surface area contributed by atoms with Crippen LogP contribution in [0.5, 0.6) is 0 Å². The Balaban J connectivity index is 1.87. The number of imidazole rings is 1. The molecule has 5 nitrogen and oxygen atoms in total. The Morgan fingerprint density at radius 1 is 1.14 bits per heavy atom. The maximum atomic E-state index is 10.4. The maximum Gasteiger partial charge on any atom is 0.138 e. The Bertz CT molecular complexity index is 993. The first-order valence-electron chi connectivity index (χ1n) is 9.78. The fourth-order valence-corrected chi connectivity index (χ4v) is 4.52. The molecule has 4 rings (SSSR count). The molecule has 1 saturated carbocycles. The van der Waals surface area contributed by atoms with Gasteiger partial charge in [0, 0.05) is 30.6 Å². The Kier molecular flexibility index (Phi) is 5.59. The summed E-state index contributed by atoms with van der Waals surface area (Å²) < 4.78 is 2.13. The van der Waals surface area contributed by atoms with Crippen molar-refractivity contribution in [3.8, 4) is 11.3 Å². The van der Waals surface area contributed by atoms with Gasteiger partial charge in [0.05, 0.1) is 21.7 Å². The van der Waals surface area contributed by atoms with Crippen molar-refractivity contribution in [2.24, 2.45) is 11.8 Å². The number of aromatic nitrogens is 4. The second-order valence-corrected chi connectivity index (χ2v) is 8.76. The van der Waals surface area contributed by atoms with Crippen LogP contribution in [0.1, 0.15) is 51.5 Å². The largest absolute Gasteiger partial charge is 0.385 e. The van der Waals surface area contributed by atoms with E-state index < -0.39 is 6.10 Å². The topological polar surface area (TPSA) is 63.8 Å². The lowest BCUT2D eigenvalue weighted by Crippen LogP contribution is -2.19. The van der Waals surface area contributed by atoms with Crippen molar-refractivity contribution in [2.45, 2.75) is 52.2 Å². The number of aliphatic hydroxyl groups is 1. The number of nitrogens with zero attached hydrogens (tertiary/aromatic N) is 4. The summed E-state index contributed by atoms with van der Waals surface area (Å²) in [5, 5.41) is 11.3. The lowest BCUT2D eigenvalue weighted by molar-refractivity contribution is 0.179. The molecule has 28 heavy (non-hydrogen) atoms. The fourth-order valence-electron chi connectivity index (χ4n) is 4.16. The highest BCUT2D eigenvalue weighted by Crippen LogP contribution is 2.35. The second kappa shape index (κ2) is 7.97. The van der Waals surface area contributed by atoms with E-state index in [9.17, 15) is 5.11 Å². The molecule has 0 aromatic carbocycles. The van der Waals surface area contributed by atoms with Gasteiger partial charge in [-0.25, -0.2) is 9.97 Å². The number of pyridine rings is 2. The summed E-state index contributed by atoms with van der Waals surface area (Å²) in [6.07, 6.45) is 7.51. The molecule has 148 valence electrons. The molecule has 0 bridgehead atoms. The van der Waals surface area contributed by atoms with Crippen molar-refractivity contribution in [1.82, 2.24) is 19.5 Å². The number of hydrogen-bond donors (Lipinski definition) is 1. The molecule has 0 aliphatic heterocycles. The van der Waals surface area contributed by atoms with E-state index in [4.69, 9.17) is 28.2 Å². The third-order valence-corrected chi connectivity index (χ3v) is 6.05. The minimum absolute atomic E-state index is 0.357. The van der Waals surface area contributed by atoms with Gasteiger partial charge in [-0.3, -0.25) is 4.98 Å². The smallest absolute Gasteiger partial charge is 0.138 e. The number of aliphatic hydroxyl groups excluding tert-OH is 1. The molecular weight excluding hydrogens is 395 g/mol. The van der Waals surface area contributed by atoms with Crippen LogP contribution in [0.4, 0.5) is 0 Å². The number of hydrogen-bond acceptors (Lipinski definition) is 4. The van der Waals surface area contributed by atoms with Crippen LogP contribution in [-0.4, -0.2) is 24.6 Å². The number of fused-ring (bicyclic) bond motifs is 1. The van der Waals surface area contributed by atoms with E-state index in [1.165, 1.54) is 25.7 Å². The normalized spacial score (nSPS) is 21.2. The molecule has 3 heterocycles. The molecule has 0 spiro atoms. The van der Waals surface area contributed by atoms with Gasteiger partial charge in [-0.05, 0) is 37.7 Å². The van der Waals surface area contributed by atoms with Crippen LogP contribution in [0.2, 0.25) is 10.2 Å². The van der Waals surface area contributed by atoms with E-state index in [2.05, 4.69) is 21.5 Å². The average molecular weight is 419 g/mol. The van der Waals surface area contributed by atoms with E-state index in [1.54, 1.807) is 25.4 Å². The molecule has 1 aliphatic carbocycles. The molecule has 1 atom stereocenters. The molecule has 1 N–H and O–H groups in total. The summed E-state index contributed by atoms with van der Waals surface area (Å²) >= 11 is 12.5. The van der Waals surface area contributed by atoms with E-state index in [-0.39, 0.29) is 0 Å². The van der Waals surface area contributed by atoms with Crippen molar-refractivity contribution in [1.29, 1.82) is 0 Å². The van der Waals surface area contributed by atoms with Gasteiger partial charge in [0.1, 0.15) is 17.1 Å². The number of halogens is 2. The van der Waals surface area contributed by atoms with E-state index >= 15 is 0 Å². The quantitative estimate of drug-likeness (QED) is 0.553. The van der Waals surface area contributed by atoms with Crippen LogP contribution >= 0.6 is 23.2 Å². The monoisotopic (exact) mass is 418 g/mol. The minimum atomic E-state index is -0.681. The van der Waals surface area contributed by atoms with Crippen molar-refractivity contribution in [2.75, 3.05) is 0 Å².